The molecular formula is C8H16N2O2. The largest absolute Gasteiger partial charge is 0.395 e. The van der Waals surface area contributed by atoms with Crippen LogP contribution in [-0.4, -0.2) is 41.1 Å². The maximum atomic E-state index is 11.4. The number of carbonyl (C=O) groups is 1. The van der Waals surface area contributed by atoms with Crippen LogP contribution in [0.4, 0.5) is 0 Å². The van der Waals surface area contributed by atoms with Crippen LogP contribution in [0.15, 0.2) is 0 Å². The molecular weight excluding hydrogens is 156 g/mol. The molecule has 0 aliphatic heterocycles. The lowest BCUT2D eigenvalue weighted by atomic mass is 10.3. The lowest BCUT2D eigenvalue weighted by Gasteiger charge is -2.22. The van der Waals surface area contributed by atoms with Crippen molar-refractivity contribution in [1.29, 1.82) is 0 Å². The molecule has 0 aromatic carbocycles. The minimum Gasteiger partial charge on any atom is -0.395 e. The van der Waals surface area contributed by atoms with E-state index in [9.17, 15) is 4.79 Å². The van der Waals surface area contributed by atoms with Crippen molar-refractivity contribution < 1.29 is 9.90 Å². The Hall–Kier alpha value is -0.610. The number of carbonyl (C=O) groups excluding carboxylic acids is 1. The monoisotopic (exact) mass is 172 g/mol. The molecule has 0 aromatic heterocycles. The van der Waals surface area contributed by atoms with E-state index in [0.29, 0.717) is 12.6 Å². The van der Waals surface area contributed by atoms with Crippen molar-refractivity contribution in [3.05, 3.63) is 0 Å². The molecule has 4 nitrogen and oxygen atoms in total. The molecule has 1 aliphatic carbocycles. The number of hydrogen-bond donors (Lipinski definition) is 2. The predicted octanol–water partition coefficient (Wildman–Crippen LogP) is -0.683. The second-order valence-electron chi connectivity index (χ2n) is 3.28. The molecule has 0 radical (unpaired) electrons. The van der Waals surface area contributed by atoms with Gasteiger partial charge in [0, 0.05) is 12.6 Å². The second kappa shape index (κ2) is 3.87. The van der Waals surface area contributed by atoms with Crippen molar-refractivity contribution in [3.63, 3.8) is 0 Å². The highest BCUT2D eigenvalue weighted by molar-refractivity contribution is 5.81. The van der Waals surface area contributed by atoms with Crippen LogP contribution >= 0.6 is 0 Å². The van der Waals surface area contributed by atoms with Gasteiger partial charge in [-0.25, -0.2) is 0 Å². The van der Waals surface area contributed by atoms with E-state index >= 15 is 0 Å². The van der Waals surface area contributed by atoms with Crippen molar-refractivity contribution >= 4 is 5.91 Å². The molecule has 0 unspecified atom stereocenters. The van der Waals surface area contributed by atoms with Gasteiger partial charge in [-0.15, -0.1) is 0 Å². The first-order valence-electron chi connectivity index (χ1n) is 4.33. The fourth-order valence-electron chi connectivity index (χ4n) is 1.23. The molecule has 1 amide bonds. The molecule has 1 saturated carbocycles. The third-order valence-electron chi connectivity index (χ3n) is 2.00. The van der Waals surface area contributed by atoms with Crippen LogP contribution in [-0.2, 0) is 4.79 Å². The van der Waals surface area contributed by atoms with Gasteiger partial charge in [0.2, 0.25) is 5.91 Å². The van der Waals surface area contributed by atoms with E-state index in [0.717, 1.165) is 12.8 Å². The van der Waals surface area contributed by atoms with Gasteiger partial charge in [-0.3, -0.25) is 4.79 Å². The number of rotatable bonds is 4. The molecule has 12 heavy (non-hydrogen) atoms. The van der Waals surface area contributed by atoms with Crippen LogP contribution in [0, 0.1) is 0 Å². The Labute approximate surface area is 72.3 Å². The minimum absolute atomic E-state index is 0.0228. The van der Waals surface area contributed by atoms with Gasteiger partial charge in [-0.2, -0.15) is 0 Å². The molecule has 0 saturated heterocycles. The van der Waals surface area contributed by atoms with Crippen molar-refractivity contribution in [2.45, 2.75) is 31.8 Å². The van der Waals surface area contributed by atoms with Gasteiger partial charge in [-0.1, -0.05) is 0 Å². The Morgan fingerprint density at radius 3 is 2.67 bits per heavy atom. The zero-order valence-corrected chi connectivity index (χ0v) is 7.36. The van der Waals surface area contributed by atoms with E-state index in [2.05, 4.69) is 0 Å². The van der Waals surface area contributed by atoms with E-state index in [1.807, 2.05) is 0 Å². The van der Waals surface area contributed by atoms with Crippen molar-refractivity contribution in [1.82, 2.24) is 4.90 Å². The van der Waals surface area contributed by atoms with Gasteiger partial charge >= 0.3 is 0 Å². The Bertz CT molecular complexity index is 166. The maximum Gasteiger partial charge on any atom is 0.239 e. The molecule has 1 fully saturated rings. The van der Waals surface area contributed by atoms with E-state index in [4.69, 9.17) is 10.8 Å². The third-order valence-corrected chi connectivity index (χ3v) is 2.00. The van der Waals surface area contributed by atoms with Gasteiger partial charge in [0.15, 0.2) is 0 Å². The number of nitrogens with zero attached hydrogens (tertiary/aromatic N) is 1. The molecule has 4 heteroatoms. The summed E-state index contributed by atoms with van der Waals surface area (Å²) in [6, 6.07) is -0.104. The molecule has 1 aliphatic rings. The molecule has 1 atom stereocenters. The zero-order chi connectivity index (χ0) is 9.14. The van der Waals surface area contributed by atoms with Gasteiger partial charge in [0.25, 0.3) is 0 Å². The van der Waals surface area contributed by atoms with Gasteiger partial charge < -0.3 is 15.7 Å². The fraction of sp³-hybridized carbons (Fsp3) is 0.875. The average molecular weight is 172 g/mol. The fourth-order valence-corrected chi connectivity index (χ4v) is 1.23. The first-order valence-corrected chi connectivity index (χ1v) is 4.33. The van der Waals surface area contributed by atoms with Gasteiger partial charge in [0.1, 0.15) is 0 Å². The van der Waals surface area contributed by atoms with E-state index in [-0.39, 0.29) is 12.5 Å². The minimum atomic E-state index is -0.447. The summed E-state index contributed by atoms with van der Waals surface area (Å²) >= 11 is 0. The van der Waals surface area contributed by atoms with Crippen LogP contribution in [0.5, 0.6) is 0 Å². The van der Waals surface area contributed by atoms with E-state index in [1.54, 1.807) is 11.8 Å². The van der Waals surface area contributed by atoms with Gasteiger partial charge in [0.05, 0.1) is 12.6 Å². The summed E-state index contributed by atoms with van der Waals surface area (Å²) in [6.45, 7) is 2.12. The average Bonchev–Trinajstić information content (AvgIpc) is 2.81. The quantitative estimate of drug-likeness (QED) is 0.590. The molecule has 1 rings (SSSR count). The summed E-state index contributed by atoms with van der Waals surface area (Å²) in [4.78, 5) is 13.1. The maximum absolute atomic E-state index is 11.4. The normalized spacial score (nSPS) is 18.9. The highest BCUT2D eigenvalue weighted by Gasteiger charge is 2.32. The molecule has 3 N–H and O–H groups in total. The summed E-state index contributed by atoms with van der Waals surface area (Å²) in [5, 5.41) is 8.71. The number of hydrogen-bond acceptors (Lipinski definition) is 3. The number of aliphatic hydroxyl groups excluding tert-OH is 1. The Morgan fingerprint density at radius 2 is 2.33 bits per heavy atom. The molecule has 0 bridgehead atoms. The molecule has 0 aromatic rings. The summed E-state index contributed by atoms with van der Waals surface area (Å²) in [6.07, 6.45) is 2.11. The Morgan fingerprint density at radius 1 is 1.75 bits per heavy atom. The first kappa shape index (κ1) is 9.48. The number of aliphatic hydroxyl groups is 1. The summed E-state index contributed by atoms with van der Waals surface area (Å²) < 4.78 is 0. The van der Waals surface area contributed by atoms with Crippen molar-refractivity contribution in [2.75, 3.05) is 13.2 Å². The summed E-state index contributed by atoms with van der Waals surface area (Å²) in [5.41, 5.74) is 5.46. The summed E-state index contributed by atoms with van der Waals surface area (Å²) in [7, 11) is 0. The highest BCUT2D eigenvalue weighted by atomic mass is 16.3. The topological polar surface area (TPSA) is 66.6 Å². The van der Waals surface area contributed by atoms with Crippen LogP contribution in [0.25, 0.3) is 0 Å². The Kier molecular flexibility index (Phi) is 3.05. The van der Waals surface area contributed by atoms with E-state index in [1.165, 1.54) is 0 Å². The molecule has 70 valence electrons. The second-order valence-corrected chi connectivity index (χ2v) is 3.28. The van der Waals surface area contributed by atoms with Crippen molar-refractivity contribution in [3.8, 4) is 0 Å². The lowest BCUT2D eigenvalue weighted by Crippen LogP contribution is -2.44. The van der Waals surface area contributed by atoms with Gasteiger partial charge in [-0.05, 0) is 19.8 Å². The zero-order valence-electron chi connectivity index (χ0n) is 7.36. The van der Waals surface area contributed by atoms with E-state index < -0.39 is 6.04 Å². The van der Waals surface area contributed by atoms with Crippen molar-refractivity contribution in [2.24, 2.45) is 5.73 Å². The molecule has 0 heterocycles. The van der Waals surface area contributed by atoms with Crippen LogP contribution < -0.4 is 5.73 Å². The first-order chi connectivity index (χ1) is 5.66. The smallest absolute Gasteiger partial charge is 0.239 e. The summed E-state index contributed by atoms with van der Waals surface area (Å²) in [5.74, 6) is -0.0495. The van der Waals surface area contributed by atoms with Crippen LogP contribution in [0.2, 0.25) is 0 Å². The number of amides is 1. The van der Waals surface area contributed by atoms with Crippen LogP contribution in [0.3, 0.4) is 0 Å². The molecule has 0 spiro atoms. The third kappa shape index (κ3) is 2.19. The van der Waals surface area contributed by atoms with Crippen LogP contribution in [0.1, 0.15) is 19.8 Å². The highest BCUT2D eigenvalue weighted by Crippen LogP contribution is 2.26. The standard InChI is InChI=1S/C8H16N2O2/c1-6(9)8(12)10(4-5-11)7-2-3-7/h6-7,11H,2-5,9H2,1H3/t6-/m0/s1. The predicted molar refractivity (Wildman–Crippen MR) is 45.5 cm³/mol. The SMILES string of the molecule is C[C@H](N)C(=O)N(CCO)C1CC1. The number of nitrogens with two attached hydrogens (primary N) is 1. The Balaban J connectivity index is 2.46. The lowest BCUT2D eigenvalue weighted by molar-refractivity contribution is -0.133.